The van der Waals surface area contributed by atoms with Crippen molar-refractivity contribution in [3.63, 3.8) is 0 Å². The van der Waals surface area contributed by atoms with Crippen molar-refractivity contribution in [2.24, 2.45) is 0 Å². The molecule has 0 atom stereocenters. The zero-order valence-electron chi connectivity index (χ0n) is 8.05. The summed E-state index contributed by atoms with van der Waals surface area (Å²) in [6.45, 7) is 0. The first-order valence-corrected chi connectivity index (χ1v) is 4.67. The van der Waals surface area contributed by atoms with Crippen molar-refractivity contribution in [3.05, 3.63) is 71.5 Å². The summed E-state index contributed by atoms with van der Waals surface area (Å²) in [5.74, 6) is -0.548. The maximum Gasteiger partial charge on any atom is 0.227 e. The predicted molar refractivity (Wildman–Crippen MR) is 58.7 cm³/mol. The standard InChI is InChI=1S/C13H10O2/c14-12(10-6-2-1-3-7-10)13(15)11-8-4-5-9-11/h1-9,15H. The number of aliphatic hydroxyl groups is 1. The van der Waals surface area contributed by atoms with Gasteiger partial charge in [0.25, 0.3) is 0 Å². The van der Waals surface area contributed by atoms with Gasteiger partial charge in [-0.05, 0) is 0 Å². The third-order valence-electron chi connectivity index (χ3n) is 2.19. The normalized spacial score (nSPS) is 13.2. The van der Waals surface area contributed by atoms with Crippen LogP contribution >= 0.6 is 0 Å². The second kappa shape index (κ2) is 3.96. The van der Waals surface area contributed by atoms with E-state index in [1.54, 1.807) is 48.6 Å². The van der Waals surface area contributed by atoms with E-state index in [9.17, 15) is 9.90 Å². The predicted octanol–water partition coefficient (Wildman–Crippen LogP) is 2.81. The summed E-state index contributed by atoms with van der Waals surface area (Å²) in [6.07, 6.45) is 6.97. The van der Waals surface area contributed by atoms with Gasteiger partial charge in [0, 0.05) is 11.1 Å². The van der Waals surface area contributed by atoms with Crippen molar-refractivity contribution in [2.75, 3.05) is 0 Å². The van der Waals surface area contributed by atoms with E-state index < -0.39 is 0 Å². The molecule has 0 bridgehead atoms. The SMILES string of the molecule is O=C(C(O)=C1C=CC=C1)c1ccccc1. The van der Waals surface area contributed by atoms with E-state index in [0.717, 1.165) is 0 Å². The molecule has 0 unspecified atom stereocenters. The Morgan fingerprint density at radius 1 is 1.00 bits per heavy atom. The number of benzene rings is 1. The number of carbonyl (C=O) groups is 1. The molecule has 2 rings (SSSR count). The third-order valence-corrected chi connectivity index (χ3v) is 2.19. The van der Waals surface area contributed by atoms with Gasteiger partial charge in [0.2, 0.25) is 5.78 Å². The summed E-state index contributed by atoms with van der Waals surface area (Å²) in [6, 6.07) is 8.73. The van der Waals surface area contributed by atoms with Crippen molar-refractivity contribution >= 4 is 5.78 Å². The van der Waals surface area contributed by atoms with E-state index in [4.69, 9.17) is 0 Å². The number of rotatable bonds is 2. The molecule has 74 valence electrons. The average Bonchev–Trinajstić information content (AvgIpc) is 2.82. The number of allylic oxidation sites excluding steroid dienone is 6. The quantitative estimate of drug-likeness (QED) is 0.450. The van der Waals surface area contributed by atoms with E-state index in [-0.39, 0.29) is 11.5 Å². The largest absolute Gasteiger partial charge is 0.504 e. The number of hydrogen-bond acceptors (Lipinski definition) is 2. The first kappa shape index (κ1) is 9.46. The molecule has 1 aromatic rings. The zero-order valence-corrected chi connectivity index (χ0v) is 8.05. The molecule has 1 aliphatic carbocycles. The molecule has 0 amide bonds. The van der Waals surface area contributed by atoms with Gasteiger partial charge in [0.05, 0.1) is 0 Å². The minimum absolute atomic E-state index is 0.203. The molecule has 2 nitrogen and oxygen atoms in total. The highest BCUT2D eigenvalue weighted by Crippen LogP contribution is 2.15. The van der Waals surface area contributed by atoms with Crippen molar-refractivity contribution in [1.29, 1.82) is 0 Å². The highest BCUT2D eigenvalue weighted by molar-refractivity contribution is 6.08. The smallest absolute Gasteiger partial charge is 0.227 e. The monoisotopic (exact) mass is 198 g/mol. The van der Waals surface area contributed by atoms with Gasteiger partial charge >= 0.3 is 0 Å². The van der Waals surface area contributed by atoms with Crippen LogP contribution in [-0.2, 0) is 0 Å². The molecule has 1 aromatic carbocycles. The van der Waals surface area contributed by atoms with Crippen molar-refractivity contribution in [2.45, 2.75) is 0 Å². The summed E-state index contributed by atoms with van der Waals surface area (Å²) in [5, 5.41) is 9.70. The van der Waals surface area contributed by atoms with Crippen LogP contribution in [-0.4, -0.2) is 10.9 Å². The van der Waals surface area contributed by atoms with Crippen molar-refractivity contribution < 1.29 is 9.90 Å². The fourth-order valence-electron chi connectivity index (χ4n) is 1.39. The van der Waals surface area contributed by atoms with E-state index in [1.165, 1.54) is 0 Å². The topological polar surface area (TPSA) is 37.3 Å². The lowest BCUT2D eigenvalue weighted by Crippen LogP contribution is -2.04. The molecule has 0 fully saturated rings. The van der Waals surface area contributed by atoms with Gasteiger partial charge < -0.3 is 5.11 Å². The van der Waals surface area contributed by atoms with Crippen molar-refractivity contribution in [3.8, 4) is 0 Å². The molecule has 0 radical (unpaired) electrons. The highest BCUT2D eigenvalue weighted by atomic mass is 16.3. The van der Waals surface area contributed by atoms with Gasteiger partial charge in [-0.25, -0.2) is 0 Å². The summed E-state index contributed by atoms with van der Waals surface area (Å²) >= 11 is 0. The van der Waals surface area contributed by atoms with E-state index in [1.807, 2.05) is 6.07 Å². The minimum atomic E-state index is -0.346. The lowest BCUT2D eigenvalue weighted by molar-refractivity contribution is 0.0976. The van der Waals surface area contributed by atoms with Gasteiger partial charge in [0.15, 0.2) is 5.76 Å². The van der Waals surface area contributed by atoms with Gasteiger partial charge in [-0.15, -0.1) is 0 Å². The van der Waals surface area contributed by atoms with Crippen LogP contribution in [0.25, 0.3) is 0 Å². The lowest BCUT2D eigenvalue weighted by atomic mass is 10.1. The second-order valence-corrected chi connectivity index (χ2v) is 3.22. The Bertz CT molecular complexity index is 451. The minimum Gasteiger partial charge on any atom is -0.504 e. The maximum absolute atomic E-state index is 11.8. The number of carbonyl (C=O) groups excluding carboxylic acids is 1. The molecular weight excluding hydrogens is 188 g/mol. The first-order valence-electron chi connectivity index (χ1n) is 4.67. The van der Waals surface area contributed by atoms with Crippen LogP contribution < -0.4 is 0 Å². The number of aliphatic hydroxyl groups excluding tert-OH is 1. The third kappa shape index (κ3) is 1.89. The lowest BCUT2D eigenvalue weighted by Gasteiger charge is -2.01. The molecular formula is C13H10O2. The summed E-state index contributed by atoms with van der Waals surface area (Å²) in [5.41, 5.74) is 1.06. The molecule has 0 aromatic heterocycles. The molecule has 1 N–H and O–H groups in total. The van der Waals surface area contributed by atoms with Gasteiger partial charge in [-0.1, -0.05) is 54.6 Å². The second-order valence-electron chi connectivity index (χ2n) is 3.22. The fourth-order valence-corrected chi connectivity index (χ4v) is 1.39. The van der Waals surface area contributed by atoms with Crippen LogP contribution in [0.2, 0.25) is 0 Å². The molecule has 0 aliphatic heterocycles. The molecule has 0 saturated heterocycles. The Labute approximate surface area is 87.9 Å². The Hall–Kier alpha value is -2.09. The number of Topliss-reactive ketones (excluding diaryl/α,β-unsaturated/α-hetero) is 1. The Balaban J connectivity index is 2.34. The summed E-state index contributed by atoms with van der Waals surface area (Å²) in [7, 11) is 0. The van der Waals surface area contributed by atoms with Crippen LogP contribution in [0.5, 0.6) is 0 Å². The zero-order chi connectivity index (χ0) is 10.7. The van der Waals surface area contributed by atoms with E-state index >= 15 is 0 Å². The fraction of sp³-hybridized carbons (Fsp3) is 0. The van der Waals surface area contributed by atoms with Gasteiger partial charge in [0.1, 0.15) is 0 Å². The van der Waals surface area contributed by atoms with Crippen molar-refractivity contribution in [1.82, 2.24) is 0 Å². The Morgan fingerprint density at radius 3 is 2.20 bits per heavy atom. The molecule has 0 heterocycles. The van der Waals surface area contributed by atoms with Crippen LogP contribution in [0, 0.1) is 0 Å². The van der Waals surface area contributed by atoms with Gasteiger partial charge in [-0.3, -0.25) is 4.79 Å². The average molecular weight is 198 g/mol. The van der Waals surface area contributed by atoms with Crippen LogP contribution in [0.4, 0.5) is 0 Å². The number of ketones is 1. The van der Waals surface area contributed by atoms with E-state index in [2.05, 4.69) is 0 Å². The van der Waals surface area contributed by atoms with Crippen LogP contribution in [0.1, 0.15) is 10.4 Å². The molecule has 15 heavy (non-hydrogen) atoms. The summed E-state index contributed by atoms with van der Waals surface area (Å²) < 4.78 is 0. The van der Waals surface area contributed by atoms with Gasteiger partial charge in [-0.2, -0.15) is 0 Å². The highest BCUT2D eigenvalue weighted by Gasteiger charge is 2.13. The number of hydrogen-bond donors (Lipinski definition) is 1. The maximum atomic E-state index is 11.8. The van der Waals surface area contributed by atoms with Crippen LogP contribution in [0.15, 0.2) is 66.0 Å². The van der Waals surface area contributed by atoms with Crippen LogP contribution in [0.3, 0.4) is 0 Å². The Morgan fingerprint density at radius 2 is 1.60 bits per heavy atom. The first-order chi connectivity index (χ1) is 7.29. The molecule has 0 saturated carbocycles. The summed E-state index contributed by atoms with van der Waals surface area (Å²) in [4.78, 5) is 11.8. The molecule has 0 spiro atoms. The molecule has 1 aliphatic rings. The Kier molecular flexibility index (Phi) is 2.50. The van der Waals surface area contributed by atoms with E-state index in [0.29, 0.717) is 11.1 Å². The molecule has 2 heteroatoms.